The van der Waals surface area contributed by atoms with Gasteiger partial charge in [0.05, 0.1) is 15.0 Å². The summed E-state index contributed by atoms with van der Waals surface area (Å²) in [6.07, 6.45) is 0. The Morgan fingerprint density at radius 3 is 1.87 bits per heavy atom. The fraction of sp³-hybridized carbons (Fsp3) is 0. The summed E-state index contributed by atoms with van der Waals surface area (Å²) in [5.41, 5.74) is 0.199. The maximum atomic E-state index is 12.8. The van der Waals surface area contributed by atoms with Gasteiger partial charge in [-0.05, 0) is 24.3 Å². The van der Waals surface area contributed by atoms with Crippen LogP contribution in [0, 0.1) is 0 Å². The van der Waals surface area contributed by atoms with Crippen molar-refractivity contribution in [3.8, 4) is 0 Å². The molecule has 154 valence electrons. The van der Waals surface area contributed by atoms with Gasteiger partial charge < -0.3 is 0 Å². The molecule has 0 aromatic heterocycles. The Kier molecular flexibility index (Phi) is 7.22. The monoisotopic (exact) mass is 564 g/mol. The molecule has 0 atom stereocenters. The Hall–Kier alpha value is -1.48. The summed E-state index contributed by atoms with van der Waals surface area (Å²) in [7, 11) is -4.14. The number of rotatable bonds is 3. The highest BCUT2D eigenvalue weighted by molar-refractivity contribution is 9.10. The summed E-state index contributed by atoms with van der Waals surface area (Å²) in [6, 6.07) is 14.2. The minimum atomic E-state index is -4.14. The first kappa shape index (κ1) is 23.2. The summed E-state index contributed by atoms with van der Waals surface area (Å²) in [5, 5.41) is -1.29. The maximum Gasteiger partial charge on any atom is 0.284 e. The van der Waals surface area contributed by atoms with Crippen LogP contribution in [-0.2, 0) is 14.8 Å². The van der Waals surface area contributed by atoms with Crippen LogP contribution < -0.4 is 0 Å². The largest absolute Gasteiger partial charge is 0.286 e. The number of amidine groups is 1. The molecule has 0 fully saturated rings. The number of sulfonamides is 1. The quantitative estimate of drug-likeness (QED) is 0.260. The van der Waals surface area contributed by atoms with E-state index in [0.717, 1.165) is 0 Å². The predicted molar refractivity (Wildman–Crippen MR) is 124 cm³/mol. The lowest BCUT2D eigenvalue weighted by molar-refractivity contribution is -0.111. The molecule has 0 heterocycles. The first-order valence-electron chi connectivity index (χ1n) is 8.02. The number of allylic oxidation sites excluding steroid dienone is 4. The van der Waals surface area contributed by atoms with E-state index in [-0.39, 0.29) is 36.6 Å². The molecule has 1 aliphatic carbocycles. The standard InChI is InChI=1S/C19H9BrCl4N2O3S/c20-11-6-8-12(9-7-11)30(28,29)26-19(10-4-2-1-3-5-10)25-17-13(21)15(23)18(27)16(24)14(17)22/h1-9H. The van der Waals surface area contributed by atoms with Crippen molar-refractivity contribution >= 4 is 89.7 Å². The lowest BCUT2D eigenvalue weighted by atomic mass is 10.1. The molecule has 30 heavy (non-hydrogen) atoms. The van der Waals surface area contributed by atoms with Gasteiger partial charge in [-0.15, -0.1) is 4.40 Å². The van der Waals surface area contributed by atoms with Crippen LogP contribution in [-0.4, -0.2) is 25.7 Å². The third kappa shape index (κ3) is 4.88. The second kappa shape index (κ2) is 9.34. The summed E-state index contributed by atoms with van der Waals surface area (Å²) >= 11 is 27.4. The van der Waals surface area contributed by atoms with Crippen molar-refractivity contribution in [2.75, 3.05) is 0 Å². The Morgan fingerprint density at radius 1 is 0.800 bits per heavy atom. The molecule has 2 aromatic carbocycles. The number of hydrogen-bond donors (Lipinski definition) is 0. The third-order valence-electron chi connectivity index (χ3n) is 3.77. The topological polar surface area (TPSA) is 75.9 Å². The van der Waals surface area contributed by atoms with Crippen LogP contribution in [0.2, 0.25) is 0 Å². The van der Waals surface area contributed by atoms with Crippen LogP contribution >= 0.6 is 62.3 Å². The number of nitrogens with zero attached hydrogens (tertiary/aromatic N) is 2. The fourth-order valence-electron chi connectivity index (χ4n) is 2.30. The molecule has 0 aliphatic heterocycles. The van der Waals surface area contributed by atoms with Crippen molar-refractivity contribution in [3.63, 3.8) is 0 Å². The zero-order valence-corrected chi connectivity index (χ0v) is 20.0. The van der Waals surface area contributed by atoms with Crippen LogP contribution in [0.15, 0.2) is 93.5 Å². The molecule has 0 N–H and O–H groups in total. The number of aliphatic imine (C=N–C) groups is 1. The Morgan fingerprint density at radius 2 is 1.33 bits per heavy atom. The average molecular weight is 567 g/mol. The molecule has 0 saturated heterocycles. The number of ketones is 1. The Bertz CT molecular complexity index is 1220. The van der Waals surface area contributed by atoms with E-state index in [4.69, 9.17) is 46.4 Å². The second-order valence-corrected chi connectivity index (χ2v) is 9.79. The average Bonchev–Trinajstić information content (AvgIpc) is 2.74. The van der Waals surface area contributed by atoms with Crippen molar-refractivity contribution in [1.82, 2.24) is 0 Å². The second-order valence-electron chi connectivity index (χ2n) is 5.76. The summed E-state index contributed by atoms with van der Waals surface area (Å²) in [5.74, 6) is -0.971. The van der Waals surface area contributed by atoms with E-state index in [1.807, 2.05) is 0 Å². The van der Waals surface area contributed by atoms with Gasteiger partial charge in [-0.1, -0.05) is 92.7 Å². The molecule has 1 aliphatic rings. The number of hydrogen-bond acceptors (Lipinski definition) is 3. The highest BCUT2D eigenvalue weighted by Crippen LogP contribution is 2.34. The van der Waals surface area contributed by atoms with Gasteiger partial charge in [0, 0.05) is 10.0 Å². The van der Waals surface area contributed by atoms with Gasteiger partial charge in [0.1, 0.15) is 15.8 Å². The molecular weight excluding hydrogens is 558 g/mol. The molecule has 0 bridgehead atoms. The number of carbonyl (C=O) groups is 1. The van der Waals surface area contributed by atoms with Crippen molar-refractivity contribution in [2.24, 2.45) is 9.39 Å². The van der Waals surface area contributed by atoms with Gasteiger partial charge in [0.25, 0.3) is 10.0 Å². The SMILES string of the molecule is O=C1C(Cl)=C(Cl)C(=NC(=NS(=O)(=O)c2ccc(Br)cc2)c2ccccc2)C(Cl)=C1Cl. The predicted octanol–water partition coefficient (Wildman–Crippen LogP) is 5.99. The minimum absolute atomic E-state index is 0.0440. The molecule has 0 radical (unpaired) electrons. The smallest absolute Gasteiger partial charge is 0.284 e. The number of halogens is 5. The molecule has 0 spiro atoms. The number of benzene rings is 2. The first-order chi connectivity index (χ1) is 14.1. The van der Waals surface area contributed by atoms with Crippen LogP contribution in [0.5, 0.6) is 0 Å². The van der Waals surface area contributed by atoms with Crippen molar-refractivity contribution < 1.29 is 13.2 Å². The van der Waals surface area contributed by atoms with Crippen LogP contribution in [0.4, 0.5) is 0 Å². The van der Waals surface area contributed by atoms with E-state index in [1.54, 1.807) is 42.5 Å². The zero-order chi connectivity index (χ0) is 22.1. The van der Waals surface area contributed by atoms with Crippen molar-refractivity contribution in [3.05, 3.63) is 84.8 Å². The summed E-state index contributed by atoms with van der Waals surface area (Å²) < 4.78 is 30.3. The molecule has 2 aromatic rings. The van der Waals surface area contributed by atoms with Crippen LogP contribution in [0.1, 0.15) is 5.56 Å². The number of Topliss-reactive ketones (excluding diaryl/α,β-unsaturated/α-hetero) is 1. The van der Waals surface area contributed by atoms with Crippen molar-refractivity contribution in [1.29, 1.82) is 0 Å². The van der Waals surface area contributed by atoms with Crippen molar-refractivity contribution in [2.45, 2.75) is 4.90 Å². The van der Waals surface area contributed by atoms with Gasteiger partial charge in [0.2, 0.25) is 5.78 Å². The first-order valence-corrected chi connectivity index (χ1v) is 11.8. The van der Waals surface area contributed by atoms with E-state index in [2.05, 4.69) is 25.3 Å². The molecule has 3 rings (SSSR count). The zero-order valence-electron chi connectivity index (χ0n) is 14.6. The van der Waals surface area contributed by atoms with Gasteiger partial charge in [-0.3, -0.25) is 4.79 Å². The third-order valence-corrected chi connectivity index (χ3v) is 7.23. The maximum absolute atomic E-state index is 12.8. The van der Waals surface area contributed by atoms with E-state index in [0.29, 0.717) is 10.0 Å². The van der Waals surface area contributed by atoms with Crippen LogP contribution in [0.3, 0.4) is 0 Å². The van der Waals surface area contributed by atoms with E-state index >= 15 is 0 Å². The molecule has 0 amide bonds. The Labute approximate surface area is 200 Å². The molecule has 0 unspecified atom stereocenters. The minimum Gasteiger partial charge on any atom is -0.286 e. The summed E-state index contributed by atoms with van der Waals surface area (Å²) in [4.78, 5) is 16.1. The lowest BCUT2D eigenvalue weighted by Crippen LogP contribution is -2.17. The molecular formula is C19H9BrCl4N2O3S. The number of carbonyl (C=O) groups excluding carboxylic acids is 1. The van der Waals surface area contributed by atoms with E-state index in [9.17, 15) is 13.2 Å². The van der Waals surface area contributed by atoms with Gasteiger partial charge in [-0.25, -0.2) is 4.99 Å². The van der Waals surface area contributed by atoms with Gasteiger partial charge in [-0.2, -0.15) is 8.42 Å². The normalized spacial score (nSPS) is 15.7. The lowest BCUT2D eigenvalue weighted by Gasteiger charge is -2.14. The highest BCUT2D eigenvalue weighted by Gasteiger charge is 2.30. The Balaban J connectivity index is 2.23. The van der Waals surface area contributed by atoms with E-state index in [1.165, 1.54) is 12.1 Å². The molecule has 11 heteroatoms. The van der Waals surface area contributed by atoms with Gasteiger partial charge in [0.15, 0.2) is 5.84 Å². The van der Waals surface area contributed by atoms with E-state index < -0.39 is 15.8 Å². The molecule has 5 nitrogen and oxygen atoms in total. The van der Waals surface area contributed by atoms with Gasteiger partial charge >= 0.3 is 0 Å². The highest BCUT2D eigenvalue weighted by atomic mass is 79.9. The molecule has 0 saturated carbocycles. The summed E-state index contributed by atoms with van der Waals surface area (Å²) in [6.45, 7) is 0. The van der Waals surface area contributed by atoms with Crippen LogP contribution in [0.25, 0.3) is 0 Å². The fourth-order valence-corrected chi connectivity index (χ4v) is 4.44.